The number of halogens is 1. The van der Waals surface area contributed by atoms with E-state index in [9.17, 15) is 18.0 Å². The monoisotopic (exact) mass is 613 g/mol. The van der Waals surface area contributed by atoms with Gasteiger partial charge in [-0.05, 0) is 53.8 Å². The second kappa shape index (κ2) is 13.8. The number of aryl methyl sites for hydroxylation is 1. The van der Waals surface area contributed by atoms with Gasteiger partial charge in [-0.3, -0.25) is 13.9 Å². The number of carbonyl (C=O) groups excluding carboxylic acids is 2. The van der Waals surface area contributed by atoms with Gasteiger partial charge in [-0.25, -0.2) is 8.42 Å². The average Bonchev–Trinajstić information content (AvgIpc) is 2.87. The van der Waals surface area contributed by atoms with Crippen LogP contribution in [-0.2, 0) is 32.6 Å². The van der Waals surface area contributed by atoms with E-state index < -0.39 is 28.5 Å². The maximum absolute atomic E-state index is 14.1. The van der Waals surface area contributed by atoms with Crippen LogP contribution in [0.2, 0.25) is 0 Å². The number of rotatable bonds is 12. The van der Waals surface area contributed by atoms with Crippen LogP contribution in [-0.4, -0.2) is 50.5 Å². The van der Waals surface area contributed by atoms with Gasteiger partial charge in [-0.1, -0.05) is 84.4 Å². The molecule has 3 aromatic carbocycles. The van der Waals surface area contributed by atoms with Gasteiger partial charge in [0, 0.05) is 24.0 Å². The Morgan fingerprint density at radius 2 is 1.59 bits per heavy atom. The number of carbonyl (C=O) groups is 2. The van der Waals surface area contributed by atoms with Crippen molar-refractivity contribution in [2.45, 2.75) is 39.8 Å². The van der Waals surface area contributed by atoms with E-state index in [0.717, 1.165) is 31.7 Å². The predicted molar refractivity (Wildman–Crippen MR) is 160 cm³/mol. The smallest absolute Gasteiger partial charge is 0.244 e. The zero-order valence-corrected chi connectivity index (χ0v) is 25.2. The molecule has 0 heterocycles. The molecule has 0 aromatic heterocycles. The summed E-state index contributed by atoms with van der Waals surface area (Å²) in [5, 5.41) is 2.98. The van der Waals surface area contributed by atoms with E-state index in [1.54, 1.807) is 18.2 Å². The van der Waals surface area contributed by atoms with Crippen molar-refractivity contribution in [3.8, 4) is 0 Å². The molecule has 2 amide bonds. The molecule has 0 spiro atoms. The third kappa shape index (κ3) is 9.21. The number of hydrogen-bond acceptors (Lipinski definition) is 4. The van der Waals surface area contributed by atoms with Crippen molar-refractivity contribution in [3.63, 3.8) is 0 Å². The minimum atomic E-state index is -3.79. The maximum Gasteiger partial charge on any atom is 0.244 e. The molecule has 1 N–H and O–H groups in total. The fraction of sp³-hybridized carbons (Fsp3) is 0.333. The minimum absolute atomic E-state index is 0.135. The van der Waals surface area contributed by atoms with Crippen LogP contribution in [0.25, 0.3) is 0 Å². The Morgan fingerprint density at radius 1 is 0.923 bits per heavy atom. The SMILES string of the molecule is Cc1cccc(N(CC(=O)N(Cc2cccc(Br)c2)[C@H](Cc2ccccc2)C(=O)NCC(C)C)S(C)(=O)=O)c1. The van der Waals surface area contributed by atoms with Gasteiger partial charge in [-0.2, -0.15) is 0 Å². The highest BCUT2D eigenvalue weighted by Crippen LogP contribution is 2.22. The first-order valence-corrected chi connectivity index (χ1v) is 15.5. The lowest BCUT2D eigenvalue weighted by Gasteiger charge is -2.33. The van der Waals surface area contributed by atoms with E-state index in [1.807, 2.05) is 81.4 Å². The first kappa shape index (κ1) is 30.4. The topological polar surface area (TPSA) is 86.8 Å². The largest absolute Gasteiger partial charge is 0.354 e. The van der Waals surface area contributed by atoms with Gasteiger partial charge in [0.05, 0.1) is 11.9 Å². The van der Waals surface area contributed by atoms with E-state index in [4.69, 9.17) is 0 Å². The molecule has 3 aromatic rings. The molecule has 0 bridgehead atoms. The van der Waals surface area contributed by atoms with Gasteiger partial charge in [0.25, 0.3) is 0 Å². The fourth-order valence-electron chi connectivity index (χ4n) is 4.21. The molecule has 1 atom stereocenters. The van der Waals surface area contributed by atoms with Gasteiger partial charge in [0.2, 0.25) is 21.8 Å². The molecular weight excluding hydrogens is 578 g/mol. The van der Waals surface area contributed by atoms with E-state index in [0.29, 0.717) is 12.2 Å². The van der Waals surface area contributed by atoms with Crippen LogP contribution in [0.5, 0.6) is 0 Å². The third-order valence-corrected chi connectivity index (χ3v) is 7.80. The Labute approximate surface area is 240 Å². The van der Waals surface area contributed by atoms with Gasteiger partial charge in [0.15, 0.2) is 0 Å². The van der Waals surface area contributed by atoms with Crippen molar-refractivity contribution in [1.82, 2.24) is 10.2 Å². The summed E-state index contributed by atoms with van der Waals surface area (Å²) in [6.07, 6.45) is 1.37. The van der Waals surface area contributed by atoms with Gasteiger partial charge >= 0.3 is 0 Å². The second-order valence-electron chi connectivity index (χ2n) is 10.1. The first-order valence-electron chi connectivity index (χ1n) is 12.8. The molecule has 0 aliphatic carbocycles. The highest BCUT2D eigenvalue weighted by Gasteiger charge is 2.33. The van der Waals surface area contributed by atoms with Crippen LogP contribution in [0.4, 0.5) is 5.69 Å². The number of benzene rings is 3. The van der Waals surface area contributed by atoms with Gasteiger partial charge in [-0.15, -0.1) is 0 Å². The number of sulfonamides is 1. The van der Waals surface area contributed by atoms with Gasteiger partial charge in [0.1, 0.15) is 12.6 Å². The molecule has 0 fully saturated rings. The molecule has 0 radical (unpaired) electrons. The predicted octanol–water partition coefficient (Wildman–Crippen LogP) is 4.94. The third-order valence-electron chi connectivity index (χ3n) is 6.17. The highest BCUT2D eigenvalue weighted by atomic mass is 79.9. The van der Waals surface area contributed by atoms with Crippen LogP contribution in [0.3, 0.4) is 0 Å². The summed E-state index contributed by atoms with van der Waals surface area (Å²) < 4.78 is 27.6. The zero-order chi connectivity index (χ0) is 28.6. The van der Waals surface area contributed by atoms with E-state index in [2.05, 4.69) is 21.2 Å². The molecule has 0 saturated heterocycles. The van der Waals surface area contributed by atoms with Crippen molar-refractivity contribution >= 4 is 43.5 Å². The molecule has 0 aliphatic rings. The summed E-state index contributed by atoms with van der Waals surface area (Å²) >= 11 is 3.48. The summed E-state index contributed by atoms with van der Waals surface area (Å²) in [6, 6.07) is 23.2. The lowest BCUT2D eigenvalue weighted by atomic mass is 10.0. The van der Waals surface area contributed by atoms with Crippen LogP contribution in [0.1, 0.15) is 30.5 Å². The molecule has 3 rings (SSSR count). The van der Waals surface area contributed by atoms with Crippen molar-refractivity contribution in [3.05, 3.63) is 100 Å². The number of amides is 2. The van der Waals surface area contributed by atoms with Crippen LogP contribution >= 0.6 is 15.9 Å². The molecular formula is C30H36BrN3O4S. The standard InChI is InChI=1S/C30H36BrN3O4S/c1-22(2)19-32-30(36)28(18-24-11-6-5-7-12-24)33(20-25-13-9-14-26(31)17-25)29(35)21-34(39(4,37)38)27-15-8-10-23(3)16-27/h5-17,22,28H,18-21H2,1-4H3,(H,32,36)/t28-/m1/s1. The highest BCUT2D eigenvalue weighted by molar-refractivity contribution is 9.10. The quantitative estimate of drug-likeness (QED) is 0.314. The first-order chi connectivity index (χ1) is 18.4. The summed E-state index contributed by atoms with van der Waals surface area (Å²) in [7, 11) is -3.79. The molecule has 0 aliphatic heterocycles. The Bertz CT molecular complexity index is 1380. The van der Waals surface area contributed by atoms with E-state index >= 15 is 0 Å². The van der Waals surface area contributed by atoms with Crippen LogP contribution < -0.4 is 9.62 Å². The van der Waals surface area contributed by atoms with Crippen molar-refractivity contribution in [2.75, 3.05) is 23.7 Å². The number of nitrogens with zero attached hydrogens (tertiary/aromatic N) is 2. The molecule has 9 heteroatoms. The Hall–Kier alpha value is -3.17. The molecule has 0 saturated carbocycles. The number of nitrogens with one attached hydrogen (secondary N) is 1. The molecule has 7 nitrogen and oxygen atoms in total. The van der Waals surface area contributed by atoms with Crippen LogP contribution in [0, 0.1) is 12.8 Å². The Kier molecular flexibility index (Phi) is 10.7. The fourth-order valence-corrected chi connectivity index (χ4v) is 5.49. The average molecular weight is 615 g/mol. The number of anilines is 1. The van der Waals surface area contributed by atoms with E-state index in [1.165, 1.54) is 4.90 Å². The molecule has 208 valence electrons. The summed E-state index contributed by atoms with van der Waals surface area (Å²) in [5.41, 5.74) is 2.98. The summed E-state index contributed by atoms with van der Waals surface area (Å²) in [5.74, 6) is -0.525. The van der Waals surface area contributed by atoms with Crippen LogP contribution in [0.15, 0.2) is 83.3 Å². The normalized spacial score (nSPS) is 12.2. The summed E-state index contributed by atoms with van der Waals surface area (Å²) in [4.78, 5) is 29.2. The van der Waals surface area contributed by atoms with Crippen molar-refractivity contribution < 1.29 is 18.0 Å². The van der Waals surface area contributed by atoms with Crippen molar-refractivity contribution in [1.29, 1.82) is 0 Å². The summed E-state index contributed by atoms with van der Waals surface area (Å²) in [6.45, 7) is 6.03. The number of hydrogen-bond donors (Lipinski definition) is 1. The molecule has 0 unspecified atom stereocenters. The van der Waals surface area contributed by atoms with Gasteiger partial charge < -0.3 is 10.2 Å². The lowest BCUT2D eigenvalue weighted by molar-refractivity contribution is -0.140. The molecule has 39 heavy (non-hydrogen) atoms. The second-order valence-corrected chi connectivity index (χ2v) is 12.9. The van der Waals surface area contributed by atoms with E-state index in [-0.39, 0.29) is 24.8 Å². The lowest BCUT2D eigenvalue weighted by Crippen LogP contribution is -2.53. The minimum Gasteiger partial charge on any atom is -0.354 e. The Morgan fingerprint density at radius 3 is 2.21 bits per heavy atom. The van der Waals surface area contributed by atoms with Crippen molar-refractivity contribution in [2.24, 2.45) is 5.92 Å². The maximum atomic E-state index is 14.1. The Balaban J connectivity index is 2.05. The zero-order valence-electron chi connectivity index (χ0n) is 22.8.